The second kappa shape index (κ2) is 7.48. The van der Waals surface area contributed by atoms with E-state index < -0.39 is 55.1 Å². The van der Waals surface area contributed by atoms with Crippen LogP contribution in [0.2, 0.25) is 0 Å². The van der Waals surface area contributed by atoms with E-state index in [1.165, 1.54) is 0 Å². The number of hydrogen-bond acceptors (Lipinski definition) is 9. The third kappa shape index (κ3) is 3.74. The van der Waals surface area contributed by atoms with E-state index in [0.717, 1.165) is 0 Å². The Labute approximate surface area is 141 Å². The van der Waals surface area contributed by atoms with Crippen molar-refractivity contribution < 1.29 is 34.6 Å². The van der Waals surface area contributed by atoms with E-state index in [4.69, 9.17) is 25.7 Å². The van der Waals surface area contributed by atoms with Gasteiger partial charge in [-0.1, -0.05) is 20.8 Å². The fraction of sp³-hybridized carbons (Fsp3) is 1.00. The van der Waals surface area contributed by atoms with Crippen molar-refractivity contribution in [1.82, 2.24) is 0 Å². The van der Waals surface area contributed by atoms with Crippen molar-refractivity contribution in [1.29, 1.82) is 0 Å². The van der Waals surface area contributed by atoms with Gasteiger partial charge in [-0.25, -0.2) is 0 Å². The van der Waals surface area contributed by atoms with Crippen LogP contribution < -0.4 is 11.5 Å². The highest BCUT2D eigenvalue weighted by Gasteiger charge is 2.52. The summed E-state index contributed by atoms with van der Waals surface area (Å²) in [6.07, 6.45) is -7.59. The second-order valence-electron chi connectivity index (χ2n) is 7.57. The van der Waals surface area contributed by atoms with Gasteiger partial charge in [-0.05, 0) is 5.41 Å². The smallest absolute Gasteiger partial charge is 0.176 e. The summed E-state index contributed by atoms with van der Waals surface area (Å²) in [5.41, 5.74) is 11.0. The van der Waals surface area contributed by atoms with E-state index in [2.05, 4.69) is 0 Å². The molecule has 0 aliphatic carbocycles. The molecular formula is C15H30N2O7. The molecule has 2 heterocycles. The van der Waals surface area contributed by atoms with Gasteiger partial charge in [-0.15, -0.1) is 0 Å². The first kappa shape index (κ1) is 20.0. The first-order valence-corrected chi connectivity index (χ1v) is 8.19. The van der Waals surface area contributed by atoms with Gasteiger partial charge in [0.25, 0.3) is 0 Å². The molecule has 0 aromatic carbocycles. The van der Waals surface area contributed by atoms with Gasteiger partial charge in [0.05, 0.1) is 18.8 Å². The van der Waals surface area contributed by atoms with Crippen molar-refractivity contribution in [3.8, 4) is 0 Å². The summed E-state index contributed by atoms with van der Waals surface area (Å²) < 4.78 is 17.0. The summed E-state index contributed by atoms with van der Waals surface area (Å²) >= 11 is 0. The van der Waals surface area contributed by atoms with Gasteiger partial charge in [0.15, 0.2) is 6.29 Å². The molecule has 5 unspecified atom stereocenters. The number of ether oxygens (including phenoxy) is 3. The molecular weight excluding hydrogens is 320 g/mol. The molecule has 24 heavy (non-hydrogen) atoms. The van der Waals surface area contributed by atoms with Crippen molar-refractivity contribution >= 4 is 0 Å². The molecule has 0 bridgehead atoms. The first-order valence-electron chi connectivity index (χ1n) is 8.19. The summed E-state index contributed by atoms with van der Waals surface area (Å²) in [5, 5.41) is 40.0. The van der Waals surface area contributed by atoms with Crippen LogP contribution in [0.15, 0.2) is 0 Å². The lowest BCUT2D eigenvalue weighted by Crippen LogP contribution is -2.64. The normalized spacial score (nSPS) is 47.1. The van der Waals surface area contributed by atoms with Gasteiger partial charge in [0.1, 0.15) is 36.6 Å². The van der Waals surface area contributed by atoms with E-state index >= 15 is 0 Å². The average Bonchev–Trinajstić information content (AvgIpc) is 2.84. The maximum absolute atomic E-state index is 10.5. The Hall–Kier alpha value is -0.360. The Morgan fingerprint density at radius 2 is 1.62 bits per heavy atom. The Morgan fingerprint density at radius 3 is 2.12 bits per heavy atom. The standard InChI is InChI=1S/C15H30N2O7/c1-15(2,3)13-11(21)12(7(5-18)22-13)24-14-8(17)10(20)9(19)6(4-16)23-14/h6-14,18-21H,4-5,16-17H2,1-3H3/t6-,7+,8?,9?,10?,11?,12-,13+,14?/m0/s1. The van der Waals surface area contributed by atoms with Crippen molar-refractivity contribution in [2.45, 2.75) is 75.8 Å². The van der Waals surface area contributed by atoms with Crippen LogP contribution in [0.25, 0.3) is 0 Å². The van der Waals surface area contributed by atoms with Gasteiger partial charge in [0, 0.05) is 6.54 Å². The quantitative estimate of drug-likeness (QED) is 0.316. The predicted molar refractivity (Wildman–Crippen MR) is 83.8 cm³/mol. The van der Waals surface area contributed by atoms with E-state index in [1.807, 2.05) is 20.8 Å². The van der Waals surface area contributed by atoms with Gasteiger partial charge in [0.2, 0.25) is 0 Å². The van der Waals surface area contributed by atoms with Crippen molar-refractivity contribution in [2.24, 2.45) is 16.9 Å². The van der Waals surface area contributed by atoms with Crippen molar-refractivity contribution in [3.05, 3.63) is 0 Å². The highest BCUT2D eigenvalue weighted by molar-refractivity contribution is 4.99. The van der Waals surface area contributed by atoms with Gasteiger partial charge >= 0.3 is 0 Å². The zero-order valence-electron chi connectivity index (χ0n) is 14.3. The Kier molecular flexibility index (Phi) is 6.22. The fourth-order valence-corrected chi connectivity index (χ4v) is 3.19. The van der Waals surface area contributed by atoms with E-state index in [9.17, 15) is 20.4 Å². The monoisotopic (exact) mass is 350 g/mol. The highest BCUT2D eigenvalue weighted by Crippen LogP contribution is 2.36. The number of rotatable bonds is 4. The zero-order valence-corrected chi connectivity index (χ0v) is 14.3. The van der Waals surface area contributed by atoms with Crippen LogP contribution in [0.3, 0.4) is 0 Å². The lowest BCUT2D eigenvalue weighted by atomic mass is 9.85. The molecule has 9 nitrogen and oxygen atoms in total. The number of aliphatic hydroxyl groups is 4. The molecule has 9 atom stereocenters. The van der Waals surface area contributed by atoms with Crippen LogP contribution in [0.5, 0.6) is 0 Å². The molecule has 0 amide bonds. The third-order valence-electron chi connectivity index (χ3n) is 4.64. The minimum atomic E-state index is -1.28. The number of aliphatic hydroxyl groups excluding tert-OH is 4. The van der Waals surface area contributed by atoms with Gasteiger partial charge < -0.3 is 46.1 Å². The Balaban J connectivity index is 2.13. The Morgan fingerprint density at radius 1 is 1.00 bits per heavy atom. The highest BCUT2D eigenvalue weighted by atomic mass is 16.7. The molecule has 142 valence electrons. The molecule has 0 aromatic heterocycles. The van der Waals surface area contributed by atoms with Crippen molar-refractivity contribution in [2.75, 3.05) is 13.2 Å². The van der Waals surface area contributed by atoms with Crippen LogP contribution in [0.4, 0.5) is 0 Å². The summed E-state index contributed by atoms with van der Waals surface area (Å²) in [4.78, 5) is 0. The molecule has 0 spiro atoms. The zero-order chi connectivity index (χ0) is 18.2. The van der Waals surface area contributed by atoms with Crippen molar-refractivity contribution in [3.63, 3.8) is 0 Å². The number of hydrogen-bond donors (Lipinski definition) is 6. The van der Waals surface area contributed by atoms with E-state index in [-0.39, 0.29) is 18.6 Å². The molecule has 2 aliphatic rings. The van der Waals surface area contributed by atoms with Crippen LogP contribution in [0.1, 0.15) is 20.8 Å². The largest absolute Gasteiger partial charge is 0.394 e. The molecule has 2 saturated heterocycles. The van der Waals surface area contributed by atoms with E-state index in [0.29, 0.717) is 0 Å². The summed E-state index contributed by atoms with van der Waals surface area (Å²) in [6.45, 7) is 5.35. The molecule has 9 heteroatoms. The number of nitrogens with two attached hydrogens (primary N) is 2. The topological polar surface area (TPSA) is 161 Å². The summed E-state index contributed by atoms with van der Waals surface area (Å²) in [5.74, 6) is 0. The summed E-state index contributed by atoms with van der Waals surface area (Å²) in [6, 6.07) is -1.02. The van der Waals surface area contributed by atoms with E-state index in [1.54, 1.807) is 0 Å². The molecule has 2 fully saturated rings. The van der Waals surface area contributed by atoms with Gasteiger partial charge in [-0.2, -0.15) is 0 Å². The maximum Gasteiger partial charge on any atom is 0.176 e. The van der Waals surface area contributed by atoms with Crippen LogP contribution >= 0.6 is 0 Å². The van der Waals surface area contributed by atoms with Gasteiger partial charge in [-0.3, -0.25) is 0 Å². The third-order valence-corrected chi connectivity index (χ3v) is 4.64. The Bertz CT molecular complexity index is 417. The lowest BCUT2D eigenvalue weighted by molar-refractivity contribution is -0.279. The average molecular weight is 350 g/mol. The maximum atomic E-state index is 10.5. The SMILES string of the molecule is CC(C)(C)[C@@H]1O[C@H](CO)[C@H](OC2O[C@@H](CN)C(O)C(O)C2N)C1O. The minimum Gasteiger partial charge on any atom is -0.394 e. The van der Waals surface area contributed by atoms with Crippen LogP contribution in [-0.4, -0.2) is 88.6 Å². The molecule has 8 N–H and O–H groups in total. The molecule has 0 saturated carbocycles. The molecule has 2 rings (SSSR count). The molecule has 0 radical (unpaired) electrons. The summed E-state index contributed by atoms with van der Waals surface area (Å²) in [7, 11) is 0. The molecule has 2 aliphatic heterocycles. The fourth-order valence-electron chi connectivity index (χ4n) is 3.19. The van der Waals surface area contributed by atoms with Crippen LogP contribution in [0, 0.1) is 5.41 Å². The first-order chi connectivity index (χ1) is 11.1. The predicted octanol–water partition coefficient (Wildman–Crippen LogP) is -2.73. The van der Waals surface area contributed by atoms with Crippen LogP contribution in [-0.2, 0) is 14.2 Å². The molecule has 0 aromatic rings. The minimum absolute atomic E-state index is 0.0252. The second-order valence-corrected chi connectivity index (χ2v) is 7.57. The lowest BCUT2D eigenvalue weighted by Gasteiger charge is -2.42.